The predicted molar refractivity (Wildman–Crippen MR) is 56.1 cm³/mol. The van der Waals surface area contributed by atoms with Gasteiger partial charge in [0.2, 0.25) is 0 Å². The summed E-state index contributed by atoms with van der Waals surface area (Å²) in [5.41, 5.74) is 2.76. The molecule has 0 saturated heterocycles. The quantitative estimate of drug-likeness (QED) is 0.682. The first-order valence-electron chi connectivity index (χ1n) is 5.38. The van der Waals surface area contributed by atoms with Crippen molar-refractivity contribution in [3.05, 3.63) is 35.2 Å². The lowest BCUT2D eigenvalue weighted by Gasteiger charge is -2.14. The summed E-state index contributed by atoms with van der Waals surface area (Å²) in [6.45, 7) is 0. The van der Waals surface area contributed by atoms with Gasteiger partial charge in [0.1, 0.15) is 0 Å². The SMILES string of the molecule is Fc1cc2nc3c(nc2cc1F)CCCC3. The van der Waals surface area contributed by atoms with Gasteiger partial charge in [0, 0.05) is 12.1 Å². The molecule has 0 amide bonds. The first-order valence-corrected chi connectivity index (χ1v) is 5.38. The van der Waals surface area contributed by atoms with Crippen LogP contribution in [-0.4, -0.2) is 9.97 Å². The third kappa shape index (κ3) is 1.45. The minimum atomic E-state index is -0.863. The minimum Gasteiger partial charge on any atom is -0.249 e. The van der Waals surface area contributed by atoms with Crippen LogP contribution < -0.4 is 0 Å². The number of halogens is 2. The Kier molecular flexibility index (Phi) is 2.09. The number of benzene rings is 1. The first-order chi connectivity index (χ1) is 7.74. The summed E-state index contributed by atoms with van der Waals surface area (Å²) in [5.74, 6) is -1.73. The van der Waals surface area contributed by atoms with Gasteiger partial charge < -0.3 is 0 Å². The normalized spacial score (nSPS) is 15.1. The second kappa shape index (κ2) is 3.47. The maximum atomic E-state index is 13.0. The van der Waals surface area contributed by atoms with E-state index in [-0.39, 0.29) is 0 Å². The lowest BCUT2D eigenvalue weighted by atomic mass is 10.0. The maximum absolute atomic E-state index is 13.0. The van der Waals surface area contributed by atoms with Gasteiger partial charge in [-0.15, -0.1) is 0 Å². The lowest BCUT2D eigenvalue weighted by Crippen LogP contribution is -2.08. The zero-order valence-corrected chi connectivity index (χ0v) is 8.63. The lowest BCUT2D eigenvalue weighted by molar-refractivity contribution is 0.510. The highest BCUT2D eigenvalue weighted by molar-refractivity contribution is 5.74. The standard InChI is InChI=1S/C12H10F2N2/c13-7-5-11-12(6-8(7)14)16-10-4-2-1-3-9(10)15-11/h5-6H,1-4H2. The van der Waals surface area contributed by atoms with Gasteiger partial charge in [-0.25, -0.2) is 18.7 Å². The van der Waals surface area contributed by atoms with Gasteiger partial charge in [-0.2, -0.15) is 0 Å². The molecule has 0 fully saturated rings. The van der Waals surface area contributed by atoms with Gasteiger partial charge in [0.05, 0.1) is 22.4 Å². The van der Waals surface area contributed by atoms with E-state index in [0.29, 0.717) is 11.0 Å². The van der Waals surface area contributed by atoms with Crippen LogP contribution in [0.15, 0.2) is 12.1 Å². The van der Waals surface area contributed by atoms with E-state index < -0.39 is 11.6 Å². The number of nitrogens with zero attached hydrogens (tertiary/aromatic N) is 2. The van der Waals surface area contributed by atoms with Crippen molar-refractivity contribution in [2.24, 2.45) is 0 Å². The van der Waals surface area contributed by atoms with E-state index in [4.69, 9.17) is 0 Å². The van der Waals surface area contributed by atoms with Crippen molar-refractivity contribution in [2.75, 3.05) is 0 Å². The van der Waals surface area contributed by atoms with Crippen molar-refractivity contribution in [1.82, 2.24) is 9.97 Å². The summed E-state index contributed by atoms with van der Waals surface area (Å²) >= 11 is 0. The molecule has 1 aromatic heterocycles. The van der Waals surface area contributed by atoms with Gasteiger partial charge in [-0.1, -0.05) is 0 Å². The Bertz CT molecular complexity index is 516. The van der Waals surface area contributed by atoms with Crippen LogP contribution in [0.4, 0.5) is 8.78 Å². The number of fused-ring (bicyclic) bond motifs is 2. The zero-order valence-electron chi connectivity index (χ0n) is 8.63. The fourth-order valence-corrected chi connectivity index (χ4v) is 2.11. The molecule has 0 atom stereocenters. The van der Waals surface area contributed by atoms with E-state index in [9.17, 15) is 8.78 Å². The smallest absolute Gasteiger partial charge is 0.161 e. The third-order valence-electron chi connectivity index (χ3n) is 2.94. The summed E-state index contributed by atoms with van der Waals surface area (Å²) in [4.78, 5) is 8.70. The fourth-order valence-electron chi connectivity index (χ4n) is 2.11. The highest BCUT2D eigenvalue weighted by Crippen LogP contribution is 2.22. The number of hydrogen-bond donors (Lipinski definition) is 0. The predicted octanol–water partition coefficient (Wildman–Crippen LogP) is 2.79. The van der Waals surface area contributed by atoms with E-state index in [1.165, 1.54) is 0 Å². The van der Waals surface area contributed by atoms with Crippen LogP contribution >= 0.6 is 0 Å². The van der Waals surface area contributed by atoms with Crippen LogP contribution in [0.2, 0.25) is 0 Å². The molecule has 1 aliphatic carbocycles. The average molecular weight is 220 g/mol. The van der Waals surface area contributed by atoms with Gasteiger partial charge in [-0.3, -0.25) is 0 Å². The van der Waals surface area contributed by atoms with Crippen molar-refractivity contribution < 1.29 is 8.78 Å². The van der Waals surface area contributed by atoms with Crippen molar-refractivity contribution in [3.63, 3.8) is 0 Å². The molecule has 2 aromatic rings. The molecule has 3 rings (SSSR count). The largest absolute Gasteiger partial charge is 0.249 e. The second-order valence-electron chi connectivity index (χ2n) is 4.08. The highest BCUT2D eigenvalue weighted by atomic mass is 19.2. The molecule has 0 N–H and O–H groups in total. The third-order valence-corrected chi connectivity index (χ3v) is 2.94. The number of rotatable bonds is 0. The Hall–Kier alpha value is -1.58. The molecule has 0 unspecified atom stereocenters. The topological polar surface area (TPSA) is 25.8 Å². The molecule has 16 heavy (non-hydrogen) atoms. The Labute approximate surface area is 91.3 Å². The molecule has 1 aromatic carbocycles. The minimum absolute atomic E-state index is 0.444. The van der Waals surface area contributed by atoms with Gasteiger partial charge >= 0.3 is 0 Å². The molecule has 0 radical (unpaired) electrons. The molecule has 1 aliphatic rings. The molecule has 4 heteroatoms. The van der Waals surface area contributed by atoms with E-state index in [0.717, 1.165) is 49.2 Å². The van der Waals surface area contributed by atoms with E-state index in [1.807, 2.05) is 0 Å². The summed E-state index contributed by atoms with van der Waals surface area (Å²) in [5, 5.41) is 0. The van der Waals surface area contributed by atoms with Crippen molar-refractivity contribution >= 4 is 11.0 Å². The van der Waals surface area contributed by atoms with Crippen LogP contribution in [0.3, 0.4) is 0 Å². The summed E-state index contributed by atoms with van der Waals surface area (Å²) in [6, 6.07) is 2.24. The zero-order chi connectivity index (χ0) is 11.1. The Morgan fingerprint density at radius 2 is 1.25 bits per heavy atom. The molecule has 0 aliphatic heterocycles. The molecule has 82 valence electrons. The number of hydrogen-bond acceptors (Lipinski definition) is 2. The molecular weight excluding hydrogens is 210 g/mol. The van der Waals surface area contributed by atoms with Crippen molar-refractivity contribution in [2.45, 2.75) is 25.7 Å². The molecular formula is C12H10F2N2. The van der Waals surface area contributed by atoms with Crippen LogP contribution in [0.5, 0.6) is 0 Å². The van der Waals surface area contributed by atoms with Crippen molar-refractivity contribution in [1.29, 1.82) is 0 Å². The molecule has 2 nitrogen and oxygen atoms in total. The summed E-state index contributed by atoms with van der Waals surface area (Å²) in [7, 11) is 0. The monoisotopic (exact) mass is 220 g/mol. The van der Waals surface area contributed by atoms with Crippen LogP contribution in [0.1, 0.15) is 24.2 Å². The Morgan fingerprint density at radius 3 is 1.69 bits per heavy atom. The summed E-state index contributed by atoms with van der Waals surface area (Å²) in [6.07, 6.45) is 3.96. The van der Waals surface area contributed by atoms with Crippen LogP contribution in [-0.2, 0) is 12.8 Å². The van der Waals surface area contributed by atoms with E-state index in [1.54, 1.807) is 0 Å². The van der Waals surface area contributed by atoms with Crippen molar-refractivity contribution in [3.8, 4) is 0 Å². The average Bonchev–Trinajstić information content (AvgIpc) is 2.28. The van der Waals surface area contributed by atoms with Gasteiger partial charge in [0.25, 0.3) is 0 Å². The number of aryl methyl sites for hydroxylation is 2. The van der Waals surface area contributed by atoms with Gasteiger partial charge in [0.15, 0.2) is 11.6 Å². The molecule has 1 heterocycles. The first kappa shape index (κ1) is 9.63. The summed E-state index contributed by atoms with van der Waals surface area (Å²) < 4.78 is 26.1. The Balaban J connectivity index is 2.27. The van der Waals surface area contributed by atoms with E-state index in [2.05, 4.69) is 9.97 Å². The molecule has 0 bridgehead atoms. The second-order valence-corrected chi connectivity index (χ2v) is 4.08. The van der Waals surface area contributed by atoms with E-state index >= 15 is 0 Å². The molecule has 0 saturated carbocycles. The fraction of sp³-hybridized carbons (Fsp3) is 0.333. The van der Waals surface area contributed by atoms with Gasteiger partial charge in [-0.05, 0) is 25.7 Å². The Morgan fingerprint density at radius 1 is 0.812 bits per heavy atom. The van der Waals surface area contributed by atoms with Crippen LogP contribution in [0.25, 0.3) is 11.0 Å². The maximum Gasteiger partial charge on any atom is 0.161 e. The highest BCUT2D eigenvalue weighted by Gasteiger charge is 2.14. The number of aromatic nitrogens is 2. The molecule has 0 spiro atoms. The van der Waals surface area contributed by atoms with Crippen LogP contribution in [0, 0.1) is 11.6 Å².